The van der Waals surface area contributed by atoms with Crippen molar-refractivity contribution < 1.29 is 18.7 Å². The van der Waals surface area contributed by atoms with Crippen LogP contribution in [0.2, 0.25) is 0 Å². The van der Waals surface area contributed by atoms with Gasteiger partial charge in [0.2, 0.25) is 5.91 Å². The van der Waals surface area contributed by atoms with Crippen LogP contribution in [0, 0.1) is 11.7 Å². The number of imide groups is 1. The molecule has 7 nitrogen and oxygen atoms in total. The number of amides is 3. The van der Waals surface area contributed by atoms with Gasteiger partial charge >= 0.3 is 6.03 Å². The smallest absolute Gasteiger partial charge is 0.321 e. The molecule has 1 saturated heterocycles. The fourth-order valence-corrected chi connectivity index (χ4v) is 2.88. The summed E-state index contributed by atoms with van der Waals surface area (Å²) in [5.74, 6) is -0.0897. The Labute approximate surface area is 159 Å². The van der Waals surface area contributed by atoms with Gasteiger partial charge in [0.15, 0.2) is 11.6 Å². The van der Waals surface area contributed by atoms with Gasteiger partial charge in [0.25, 0.3) is 0 Å². The number of rotatable bonds is 7. The van der Waals surface area contributed by atoms with Gasteiger partial charge in [-0.2, -0.15) is 0 Å². The lowest BCUT2D eigenvalue weighted by atomic mass is 10.2. The molecule has 0 unspecified atom stereocenters. The van der Waals surface area contributed by atoms with Crippen molar-refractivity contribution in [2.75, 3.05) is 46.4 Å². The second kappa shape index (κ2) is 10.2. The number of benzene rings is 1. The number of methoxy groups -OCH3 is 1. The van der Waals surface area contributed by atoms with E-state index >= 15 is 0 Å². The molecule has 2 rings (SSSR count). The highest BCUT2D eigenvalue weighted by Crippen LogP contribution is 2.19. The maximum Gasteiger partial charge on any atom is 0.321 e. The molecule has 1 fully saturated rings. The number of hydrogen-bond donors (Lipinski definition) is 2. The summed E-state index contributed by atoms with van der Waals surface area (Å²) in [6.07, 6.45) is 0. The Morgan fingerprint density at radius 3 is 2.44 bits per heavy atom. The monoisotopic (exact) mass is 380 g/mol. The van der Waals surface area contributed by atoms with Crippen LogP contribution in [-0.4, -0.2) is 68.1 Å². The molecule has 0 atom stereocenters. The molecule has 0 radical (unpaired) electrons. The third-order valence-electron chi connectivity index (χ3n) is 4.38. The highest BCUT2D eigenvalue weighted by molar-refractivity contribution is 5.95. The van der Waals surface area contributed by atoms with E-state index in [2.05, 4.69) is 15.5 Å². The first kappa shape index (κ1) is 21.1. The van der Waals surface area contributed by atoms with E-state index in [0.717, 1.165) is 31.7 Å². The number of ether oxygens (including phenoxy) is 1. The van der Waals surface area contributed by atoms with Crippen LogP contribution in [0.3, 0.4) is 0 Å². The second-order valence-corrected chi connectivity index (χ2v) is 7.17. The molecule has 1 aromatic rings. The minimum Gasteiger partial charge on any atom is -0.494 e. The summed E-state index contributed by atoms with van der Waals surface area (Å²) in [5, 5.41) is 5.01. The second-order valence-electron chi connectivity index (χ2n) is 7.17. The Morgan fingerprint density at radius 2 is 1.85 bits per heavy atom. The van der Waals surface area contributed by atoms with E-state index in [4.69, 9.17) is 4.74 Å². The summed E-state index contributed by atoms with van der Waals surface area (Å²) in [4.78, 5) is 27.8. The summed E-state index contributed by atoms with van der Waals surface area (Å²) in [6.45, 7) is 8.35. The first-order valence-corrected chi connectivity index (χ1v) is 9.22. The number of carbonyl (C=O) groups is 2. The Morgan fingerprint density at radius 1 is 1.19 bits per heavy atom. The first-order valence-electron chi connectivity index (χ1n) is 9.22. The Hall–Kier alpha value is -2.19. The molecular formula is C19H29FN4O3. The lowest BCUT2D eigenvalue weighted by Crippen LogP contribution is -2.51. The molecule has 150 valence electrons. The highest BCUT2D eigenvalue weighted by atomic mass is 19.1. The van der Waals surface area contributed by atoms with Gasteiger partial charge in [-0.25, -0.2) is 9.18 Å². The minimum atomic E-state index is -0.450. The predicted octanol–water partition coefficient (Wildman–Crippen LogP) is 1.43. The van der Waals surface area contributed by atoms with Crippen LogP contribution in [0.1, 0.15) is 19.4 Å². The van der Waals surface area contributed by atoms with Crippen LogP contribution in [0.15, 0.2) is 18.2 Å². The van der Waals surface area contributed by atoms with Crippen molar-refractivity contribution in [1.29, 1.82) is 0 Å². The molecule has 0 aromatic heterocycles. The number of carbonyl (C=O) groups excluding carboxylic acids is 2. The SMILES string of the molecule is COc1ccc(CN2CCN(CC(=O)NC(=O)NCC(C)C)CC2)cc1F. The molecule has 1 aliphatic rings. The van der Waals surface area contributed by atoms with Crippen molar-refractivity contribution in [3.05, 3.63) is 29.6 Å². The van der Waals surface area contributed by atoms with E-state index in [1.165, 1.54) is 13.2 Å². The zero-order valence-electron chi connectivity index (χ0n) is 16.3. The Balaban J connectivity index is 1.71. The molecule has 8 heteroatoms. The molecule has 0 bridgehead atoms. The third-order valence-corrected chi connectivity index (χ3v) is 4.38. The number of urea groups is 1. The Kier molecular flexibility index (Phi) is 7.99. The normalized spacial score (nSPS) is 15.6. The van der Waals surface area contributed by atoms with E-state index in [9.17, 15) is 14.0 Å². The number of halogens is 1. The first-order chi connectivity index (χ1) is 12.9. The zero-order valence-corrected chi connectivity index (χ0v) is 16.3. The van der Waals surface area contributed by atoms with Crippen molar-refractivity contribution in [3.63, 3.8) is 0 Å². The zero-order chi connectivity index (χ0) is 19.8. The number of nitrogens with one attached hydrogen (secondary N) is 2. The average Bonchev–Trinajstić information content (AvgIpc) is 2.62. The van der Waals surface area contributed by atoms with Gasteiger partial charge < -0.3 is 10.1 Å². The fraction of sp³-hybridized carbons (Fsp3) is 0.579. The molecule has 0 aliphatic carbocycles. The maximum atomic E-state index is 13.8. The van der Waals surface area contributed by atoms with Crippen molar-refractivity contribution >= 4 is 11.9 Å². The number of hydrogen-bond acceptors (Lipinski definition) is 5. The van der Waals surface area contributed by atoms with Crippen LogP contribution < -0.4 is 15.4 Å². The standard InChI is InChI=1S/C19H29FN4O3/c1-14(2)11-21-19(26)22-18(25)13-24-8-6-23(7-9-24)12-15-4-5-17(27-3)16(20)10-15/h4-5,10,14H,6-9,11-13H2,1-3H3,(H2,21,22,25,26). The average molecular weight is 380 g/mol. The number of nitrogens with zero attached hydrogens (tertiary/aromatic N) is 2. The van der Waals surface area contributed by atoms with E-state index in [0.29, 0.717) is 19.0 Å². The quantitative estimate of drug-likeness (QED) is 0.749. The molecule has 3 amide bonds. The van der Waals surface area contributed by atoms with Gasteiger partial charge in [-0.3, -0.25) is 19.9 Å². The van der Waals surface area contributed by atoms with E-state index < -0.39 is 6.03 Å². The van der Waals surface area contributed by atoms with Crippen LogP contribution in [0.5, 0.6) is 5.75 Å². The van der Waals surface area contributed by atoms with Gasteiger partial charge in [0, 0.05) is 39.3 Å². The summed E-state index contributed by atoms with van der Waals surface area (Å²) < 4.78 is 18.7. The topological polar surface area (TPSA) is 73.9 Å². The molecule has 2 N–H and O–H groups in total. The van der Waals surface area contributed by atoms with Gasteiger partial charge in [-0.1, -0.05) is 19.9 Å². The van der Waals surface area contributed by atoms with Crippen molar-refractivity contribution in [1.82, 2.24) is 20.4 Å². The van der Waals surface area contributed by atoms with Gasteiger partial charge in [0.1, 0.15) is 0 Å². The van der Waals surface area contributed by atoms with Crippen molar-refractivity contribution in [2.45, 2.75) is 20.4 Å². The van der Waals surface area contributed by atoms with Crippen molar-refractivity contribution in [3.8, 4) is 5.75 Å². The summed E-state index contributed by atoms with van der Waals surface area (Å²) in [6, 6.07) is 4.54. The van der Waals surface area contributed by atoms with Crippen LogP contribution in [0.25, 0.3) is 0 Å². The highest BCUT2D eigenvalue weighted by Gasteiger charge is 2.20. The summed E-state index contributed by atoms with van der Waals surface area (Å²) in [5.41, 5.74) is 0.890. The number of piperazine rings is 1. The lowest BCUT2D eigenvalue weighted by molar-refractivity contribution is -0.121. The third kappa shape index (κ3) is 7.15. The van der Waals surface area contributed by atoms with E-state index in [1.54, 1.807) is 6.07 Å². The molecule has 1 aliphatic heterocycles. The van der Waals surface area contributed by atoms with Crippen molar-refractivity contribution in [2.24, 2.45) is 5.92 Å². The molecule has 0 saturated carbocycles. The molecule has 27 heavy (non-hydrogen) atoms. The molecule has 1 aromatic carbocycles. The van der Waals surface area contributed by atoms with Gasteiger partial charge in [0.05, 0.1) is 13.7 Å². The van der Waals surface area contributed by atoms with Crippen LogP contribution >= 0.6 is 0 Å². The Bertz CT molecular complexity index is 646. The molecule has 1 heterocycles. The van der Waals surface area contributed by atoms with E-state index in [-0.39, 0.29) is 24.0 Å². The lowest BCUT2D eigenvalue weighted by Gasteiger charge is -2.34. The maximum absolute atomic E-state index is 13.8. The fourth-order valence-electron chi connectivity index (χ4n) is 2.88. The van der Waals surface area contributed by atoms with Crippen LogP contribution in [-0.2, 0) is 11.3 Å². The molecule has 0 spiro atoms. The van der Waals surface area contributed by atoms with Crippen LogP contribution in [0.4, 0.5) is 9.18 Å². The molecular weight excluding hydrogens is 351 g/mol. The van der Waals surface area contributed by atoms with E-state index in [1.807, 2.05) is 24.8 Å². The summed E-state index contributed by atoms with van der Waals surface area (Å²) in [7, 11) is 1.45. The van der Waals surface area contributed by atoms with Gasteiger partial charge in [-0.05, 0) is 23.6 Å². The minimum absolute atomic E-state index is 0.195. The largest absolute Gasteiger partial charge is 0.494 e. The van der Waals surface area contributed by atoms with Gasteiger partial charge in [-0.15, -0.1) is 0 Å². The summed E-state index contributed by atoms with van der Waals surface area (Å²) >= 11 is 0. The predicted molar refractivity (Wildman–Crippen MR) is 101 cm³/mol.